The highest BCUT2D eigenvalue weighted by Gasteiger charge is 2.21. The van der Waals surface area contributed by atoms with Crippen LogP contribution in [0.5, 0.6) is 0 Å². The van der Waals surface area contributed by atoms with E-state index in [1.807, 2.05) is 54.6 Å². The molecule has 4 heteroatoms. The highest BCUT2D eigenvalue weighted by molar-refractivity contribution is 6.26. The van der Waals surface area contributed by atoms with Crippen molar-refractivity contribution in [1.82, 2.24) is 9.13 Å². The van der Waals surface area contributed by atoms with Crippen molar-refractivity contribution in [3.8, 4) is 22.5 Å². The fourth-order valence-electron chi connectivity index (χ4n) is 7.42. The molecule has 10 aromatic rings. The second-order valence-corrected chi connectivity index (χ2v) is 12.1. The first-order valence-electron chi connectivity index (χ1n) is 15.8. The lowest BCUT2D eigenvalue weighted by Crippen LogP contribution is -2.03. The summed E-state index contributed by atoms with van der Waals surface area (Å²) in [5.74, 6) is 0. The van der Waals surface area contributed by atoms with Crippen LogP contribution in [-0.2, 0) is 0 Å². The molecule has 0 aliphatic rings. The molecule has 4 nitrogen and oxygen atoms in total. The molecular formula is C43H26N2O2. The summed E-state index contributed by atoms with van der Waals surface area (Å²) in [7, 11) is 0. The molecule has 0 saturated heterocycles. The van der Waals surface area contributed by atoms with Crippen molar-refractivity contribution in [2.45, 2.75) is 0 Å². The molecular weight excluding hydrogens is 576 g/mol. The number of hydrogen-bond donors (Lipinski definition) is 0. The second kappa shape index (κ2) is 9.80. The quantitative estimate of drug-likeness (QED) is 0.189. The van der Waals surface area contributed by atoms with Gasteiger partial charge in [0.05, 0.1) is 32.8 Å². The first kappa shape index (κ1) is 25.9. The van der Waals surface area contributed by atoms with Crippen LogP contribution in [0.2, 0.25) is 0 Å². The van der Waals surface area contributed by atoms with Crippen LogP contribution in [0.3, 0.4) is 0 Å². The maximum Gasteiger partial charge on any atom is 0.200 e. The number of benzene rings is 7. The van der Waals surface area contributed by atoms with E-state index in [9.17, 15) is 4.79 Å². The minimum Gasteiger partial charge on any atom is -0.456 e. The third kappa shape index (κ3) is 3.73. The SMILES string of the molecule is O=c1c2ccc(-n3c4ccccc4c4ccc5c(c6ccccc6n5-c5ccccc5)c43)cc2oc2ccc(-c3ccccc3)cc12. The molecule has 0 atom stereocenters. The molecule has 3 aromatic heterocycles. The van der Waals surface area contributed by atoms with Gasteiger partial charge in [-0.3, -0.25) is 4.79 Å². The van der Waals surface area contributed by atoms with E-state index in [4.69, 9.17) is 4.42 Å². The first-order chi connectivity index (χ1) is 23.2. The molecule has 3 heterocycles. The van der Waals surface area contributed by atoms with E-state index in [1.54, 1.807) is 0 Å². The second-order valence-electron chi connectivity index (χ2n) is 12.1. The van der Waals surface area contributed by atoms with Crippen LogP contribution in [0.1, 0.15) is 0 Å². The van der Waals surface area contributed by atoms with Gasteiger partial charge >= 0.3 is 0 Å². The van der Waals surface area contributed by atoms with Gasteiger partial charge in [0.2, 0.25) is 5.43 Å². The van der Waals surface area contributed by atoms with Crippen molar-refractivity contribution in [3.05, 3.63) is 168 Å². The molecule has 10 rings (SSSR count). The zero-order chi connectivity index (χ0) is 31.1. The first-order valence-corrected chi connectivity index (χ1v) is 15.8. The highest BCUT2D eigenvalue weighted by Crippen LogP contribution is 2.42. The Morgan fingerprint density at radius 3 is 1.89 bits per heavy atom. The molecule has 7 aromatic carbocycles. The number of aromatic nitrogens is 2. The fourth-order valence-corrected chi connectivity index (χ4v) is 7.42. The molecule has 0 aliphatic carbocycles. The average molecular weight is 603 g/mol. The van der Waals surface area contributed by atoms with Crippen molar-refractivity contribution in [2.24, 2.45) is 0 Å². The van der Waals surface area contributed by atoms with Crippen LogP contribution in [0.25, 0.3) is 88.1 Å². The predicted octanol–water partition coefficient (Wildman–Crippen LogP) is 10.8. The summed E-state index contributed by atoms with van der Waals surface area (Å²) in [6.45, 7) is 0. The standard InChI is InChI=1S/C43H26N2O2/c46-43-34-21-20-30(26-40(34)47-39-24-19-28(25-35(39)43)27-11-3-1-4-12-27)45-36-17-9-7-15-31(36)32-22-23-38-41(42(32)45)33-16-8-10-18-37(33)44(38)29-13-5-2-6-14-29/h1-26H. The number of rotatable bonds is 3. The summed E-state index contributed by atoms with van der Waals surface area (Å²) in [4.78, 5) is 13.9. The van der Waals surface area contributed by atoms with E-state index in [0.717, 1.165) is 44.6 Å². The number of para-hydroxylation sites is 3. The average Bonchev–Trinajstić information content (AvgIpc) is 3.65. The van der Waals surface area contributed by atoms with Gasteiger partial charge in [-0.15, -0.1) is 0 Å². The van der Waals surface area contributed by atoms with E-state index in [0.29, 0.717) is 21.9 Å². The van der Waals surface area contributed by atoms with Gasteiger partial charge in [0.15, 0.2) is 0 Å². The van der Waals surface area contributed by atoms with Gasteiger partial charge in [-0.25, -0.2) is 0 Å². The van der Waals surface area contributed by atoms with Crippen molar-refractivity contribution >= 4 is 65.6 Å². The zero-order valence-corrected chi connectivity index (χ0v) is 25.2. The molecule has 220 valence electrons. The Balaban J connectivity index is 1.28. The molecule has 0 amide bonds. The molecule has 0 fully saturated rings. The number of hydrogen-bond acceptors (Lipinski definition) is 2. The molecule has 0 N–H and O–H groups in total. The molecule has 0 saturated carbocycles. The predicted molar refractivity (Wildman–Crippen MR) is 194 cm³/mol. The summed E-state index contributed by atoms with van der Waals surface area (Å²) in [6, 6.07) is 54.1. The molecule has 47 heavy (non-hydrogen) atoms. The fraction of sp³-hybridized carbons (Fsp3) is 0. The molecule has 0 radical (unpaired) electrons. The molecule has 0 aliphatic heterocycles. The van der Waals surface area contributed by atoms with Crippen LogP contribution in [0, 0.1) is 0 Å². The van der Waals surface area contributed by atoms with Gasteiger partial charge in [-0.05, 0) is 65.7 Å². The lowest BCUT2D eigenvalue weighted by molar-refractivity contribution is 0.659. The Morgan fingerprint density at radius 1 is 0.404 bits per heavy atom. The minimum absolute atomic E-state index is 0.0267. The summed E-state index contributed by atoms with van der Waals surface area (Å²) in [6.07, 6.45) is 0. The van der Waals surface area contributed by atoms with E-state index < -0.39 is 0 Å². The normalized spacial score (nSPS) is 11.9. The Kier molecular flexibility index (Phi) is 5.40. The van der Waals surface area contributed by atoms with Crippen LogP contribution >= 0.6 is 0 Å². The van der Waals surface area contributed by atoms with Gasteiger partial charge in [-0.1, -0.05) is 97.1 Å². The third-order valence-corrected chi connectivity index (χ3v) is 9.50. The van der Waals surface area contributed by atoms with Crippen LogP contribution in [0.15, 0.2) is 167 Å². The largest absolute Gasteiger partial charge is 0.456 e. The van der Waals surface area contributed by atoms with Crippen LogP contribution in [-0.4, -0.2) is 9.13 Å². The van der Waals surface area contributed by atoms with Crippen molar-refractivity contribution < 1.29 is 4.42 Å². The Bertz CT molecular complexity index is 2910. The smallest absolute Gasteiger partial charge is 0.200 e. The lowest BCUT2D eigenvalue weighted by atomic mass is 10.0. The third-order valence-electron chi connectivity index (χ3n) is 9.50. The van der Waals surface area contributed by atoms with Crippen LogP contribution < -0.4 is 5.43 Å². The Morgan fingerprint density at radius 2 is 1.09 bits per heavy atom. The Hall–Kier alpha value is -6.39. The van der Waals surface area contributed by atoms with E-state index in [1.165, 1.54) is 21.5 Å². The molecule has 0 unspecified atom stereocenters. The summed E-state index contributed by atoms with van der Waals surface area (Å²) < 4.78 is 11.2. The summed E-state index contributed by atoms with van der Waals surface area (Å²) in [5, 5.41) is 5.88. The van der Waals surface area contributed by atoms with Gasteiger partial charge in [-0.2, -0.15) is 0 Å². The van der Waals surface area contributed by atoms with Crippen molar-refractivity contribution in [1.29, 1.82) is 0 Å². The Labute approximate surface area is 268 Å². The van der Waals surface area contributed by atoms with Crippen molar-refractivity contribution in [2.75, 3.05) is 0 Å². The summed E-state index contributed by atoms with van der Waals surface area (Å²) in [5.41, 5.74) is 9.76. The zero-order valence-electron chi connectivity index (χ0n) is 25.2. The minimum atomic E-state index is -0.0267. The summed E-state index contributed by atoms with van der Waals surface area (Å²) >= 11 is 0. The highest BCUT2D eigenvalue weighted by atomic mass is 16.3. The maximum atomic E-state index is 13.9. The lowest BCUT2D eigenvalue weighted by Gasteiger charge is -2.11. The van der Waals surface area contributed by atoms with E-state index in [-0.39, 0.29) is 5.43 Å². The molecule has 0 bridgehead atoms. The van der Waals surface area contributed by atoms with Gasteiger partial charge in [0, 0.05) is 39.0 Å². The van der Waals surface area contributed by atoms with Crippen molar-refractivity contribution in [3.63, 3.8) is 0 Å². The monoisotopic (exact) mass is 602 g/mol. The van der Waals surface area contributed by atoms with Gasteiger partial charge in [0.1, 0.15) is 11.2 Å². The topological polar surface area (TPSA) is 40.1 Å². The van der Waals surface area contributed by atoms with Gasteiger partial charge < -0.3 is 13.6 Å². The maximum absolute atomic E-state index is 13.9. The number of nitrogens with zero attached hydrogens (tertiary/aromatic N) is 2. The van der Waals surface area contributed by atoms with E-state index >= 15 is 0 Å². The van der Waals surface area contributed by atoms with E-state index in [2.05, 4.69) is 112 Å². The number of fused-ring (bicyclic) bond motifs is 9. The molecule has 0 spiro atoms. The van der Waals surface area contributed by atoms with Gasteiger partial charge in [0.25, 0.3) is 0 Å². The van der Waals surface area contributed by atoms with Crippen LogP contribution in [0.4, 0.5) is 0 Å².